The molecule has 0 fully saturated rings. The lowest BCUT2D eigenvalue weighted by molar-refractivity contribution is 0.161. The molecule has 0 saturated carbocycles. The molecule has 1 N–H and O–H groups in total. The summed E-state index contributed by atoms with van der Waals surface area (Å²) in [6.45, 7) is 10.8. The van der Waals surface area contributed by atoms with Crippen LogP contribution in [0.1, 0.15) is 26.2 Å². The van der Waals surface area contributed by atoms with E-state index in [1.54, 1.807) is 0 Å². The third-order valence-electron chi connectivity index (χ3n) is 1.96. The lowest BCUT2D eigenvalue weighted by Gasteiger charge is -2.20. The highest BCUT2D eigenvalue weighted by atomic mass is 28.4. The Morgan fingerprint density at radius 3 is 2.47 bits per heavy atom. The molecule has 0 aliphatic heterocycles. The molecule has 2 nitrogen and oxygen atoms in total. The molecule has 0 bridgehead atoms. The Labute approximate surface area is 97.2 Å². The highest BCUT2D eigenvalue weighted by Crippen LogP contribution is 2.07. The zero-order chi connectivity index (χ0) is 11.9. The minimum Gasteiger partial charge on any atom is -0.453 e. The van der Waals surface area contributed by atoms with E-state index >= 15 is 0 Å². The molecule has 0 aromatic rings. The van der Waals surface area contributed by atoms with Gasteiger partial charge in [0.05, 0.1) is 6.10 Å². The molecule has 0 aromatic heterocycles. The molecule has 0 heterocycles. The second kappa shape index (κ2) is 7.38. The van der Waals surface area contributed by atoms with Crippen LogP contribution >= 0.6 is 0 Å². The standard InChI is InChI=1S/C11H25O2Si2/c1-6-11(12)9-7-8-10-14(2)13-15(3,4)5/h8,10-12H,6-7,9H2,1-5H3/b10-8+. The first-order chi connectivity index (χ1) is 6.85. The van der Waals surface area contributed by atoms with Gasteiger partial charge in [-0.15, -0.1) is 0 Å². The number of allylic oxidation sites excluding steroid dienone is 1. The lowest BCUT2D eigenvalue weighted by atomic mass is 10.1. The molecule has 1 atom stereocenters. The van der Waals surface area contributed by atoms with Gasteiger partial charge in [0.15, 0.2) is 8.32 Å². The highest BCUT2D eigenvalue weighted by Gasteiger charge is 2.17. The topological polar surface area (TPSA) is 29.5 Å². The van der Waals surface area contributed by atoms with Crippen molar-refractivity contribution in [2.45, 2.75) is 58.5 Å². The summed E-state index contributed by atoms with van der Waals surface area (Å²) >= 11 is 0. The number of hydrogen-bond acceptors (Lipinski definition) is 2. The average Bonchev–Trinajstić information content (AvgIpc) is 2.09. The van der Waals surface area contributed by atoms with Gasteiger partial charge in [-0.25, -0.2) is 0 Å². The van der Waals surface area contributed by atoms with Gasteiger partial charge in [-0.05, 0) is 45.5 Å². The average molecular weight is 245 g/mol. The van der Waals surface area contributed by atoms with Crippen molar-refractivity contribution in [2.75, 3.05) is 0 Å². The SMILES string of the molecule is CCC(O)CC/C=C/[Si](C)O[Si](C)(C)C. The maximum Gasteiger partial charge on any atom is 0.223 e. The van der Waals surface area contributed by atoms with Gasteiger partial charge in [0, 0.05) is 0 Å². The summed E-state index contributed by atoms with van der Waals surface area (Å²) in [7, 11) is -2.12. The maximum atomic E-state index is 9.36. The minimum absolute atomic E-state index is 0.139. The van der Waals surface area contributed by atoms with Gasteiger partial charge in [-0.1, -0.05) is 18.7 Å². The van der Waals surface area contributed by atoms with Crippen LogP contribution in [0.4, 0.5) is 0 Å². The summed E-state index contributed by atoms with van der Waals surface area (Å²) in [4.78, 5) is 0. The largest absolute Gasteiger partial charge is 0.453 e. The Hall–Kier alpha value is 0.0938. The van der Waals surface area contributed by atoms with Gasteiger partial charge in [-0.2, -0.15) is 0 Å². The molecule has 0 saturated heterocycles. The second-order valence-electron chi connectivity index (χ2n) is 4.87. The third kappa shape index (κ3) is 10.4. The van der Waals surface area contributed by atoms with E-state index in [0.29, 0.717) is 0 Å². The summed E-state index contributed by atoms with van der Waals surface area (Å²) in [5, 5.41) is 9.36. The summed E-state index contributed by atoms with van der Waals surface area (Å²) in [5.41, 5.74) is 2.20. The Morgan fingerprint density at radius 1 is 1.40 bits per heavy atom. The van der Waals surface area contributed by atoms with Crippen LogP contribution in [0.15, 0.2) is 11.8 Å². The van der Waals surface area contributed by atoms with Crippen molar-refractivity contribution in [3.05, 3.63) is 11.8 Å². The van der Waals surface area contributed by atoms with Crippen LogP contribution in [0.2, 0.25) is 26.2 Å². The molecule has 89 valence electrons. The first kappa shape index (κ1) is 15.1. The monoisotopic (exact) mass is 245 g/mol. The van der Waals surface area contributed by atoms with E-state index in [2.05, 4.69) is 38.0 Å². The van der Waals surface area contributed by atoms with Crippen molar-refractivity contribution >= 4 is 17.4 Å². The number of rotatable bonds is 7. The van der Waals surface area contributed by atoms with E-state index in [-0.39, 0.29) is 6.10 Å². The van der Waals surface area contributed by atoms with E-state index in [1.165, 1.54) is 0 Å². The number of hydrogen-bond donors (Lipinski definition) is 1. The van der Waals surface area contributed by atoms with Gasteiger partial charge in [0.25, 0.3) is 0 Å². The summed E-state index contributed by atoms with van der Waals surface area (Å²) < 4.78 is 5.96. The first-order valence-corrected chi connectivity index (χ1v) is 11.1. The fourth-order valence-corrected chi connectivity index (χ4v) is 5.89. The van der Waals surface area contributed by atoms with E-state index in [4.69, 9.17) is 4.12 Å². The van der Waals surface area contributed by atoms with Crippen LogP contribution in [-0.2, 0) is 4.12 Å². The molecule has 0 amide bonds. The Kier molecular flexibility index (Phi) is 7.43. The number of aliphatic hydroxyl groups excluding tert-OH is 1. The maximum absolute atomic E-state index is 9.36. The zero-order valence-corrected chi connectivity index (χ0v) is 12.7. The molecule has 0 aliphatic carbocycles. The fraction of sp³-hybridized carbons (Fsp3) is 0.818. The van der Waals surface area contributed by atoms with Crippen LogP contribution < -0.4 is 0 Å². The molecule has 4 heteroatoms. The third-order valence-corrected chi connectivity index (χ3v) is 6.40. The second-order valence-corrected chi connectivity index (χ2v) is 11.5. The van der Waals surface area contributed by atoms with Gasteiger partial charge in [-0.3, -0.25) is 0 Å². The Morgan fingerprint density at radius 2 is 2.00 bits per heavy atom. The molecule has 15 heavy (non-hydrogen) atoms. The van der Waals surface area contributed by atoms with E-state index in [0.717, 1.165) is 19.3 Å². The predicted molar refractivity (Wildman–Crippen MR) is 70.7 cm³/mol. The van der Waals surface area contributed by atoms with Crippen molar-refractivity contribution in [2.24, 2.45) is 0 Å². The molecule has 1 unspecified atom stereocenters. The summed E-state index contributed by atoms with van der Waals surface area (Å²) in [5.74, 6) is 0. The quantitative estimate of drug-likeness (QED) is 0.698. The van der Waals surface area contributed by atoms with Crippen molar-refractivity contribution in [1.29, 1.82) is 0 Å². The first-order valence-electron chi connectivity index (χ1n) is 5.72. The molecular formula is C11H25O2Si2. The van der Waals surface area contributed by atoms with E-state index in [9.17, 15) is 5.11 Å². The predicted octanol–water partition coefficient (Wildman–Crippen LogP) is 3.11. The molecular weight excluding hydrogens is 220 g/mol. The van der Waals surface area contributed by atoms with Crippen LogP contribution in [0, 0.1) is 0 Å². The lowest BCUT2D eigenvalue weighted by Crippen LogP contribution is -2.32. The Balaban J connectivity index is 3.68. The van der Waals surface area contributed by atoms with E-state index in [1.807, 2.05) is 6.92 Å². The zero-order valence-electron chi connectivity index (χ0n) is 10.7. The molecule has 0 aliphatic rings. The molecule has 0 rings (SSSR count). The molecule has 1 radical (unpaired) electrons. The molecule has 0 aromatic carbocycles. The highest BCUT2D eigenvalue weighted by molar-refractivity contribution is 6.78. The minimum atomic E-state index is -1.36. The van der Waals surface area contributed by atoms with Crippen LogP contribution in [-0.4, -0.2) is 28.6 Å². The molecule has 0 spiro atoms. The van der Waals surface area contributed by atoms with Crippen molar-refractivity contribution in [3.8, 4) is 0 Å². The Bertz CT molecular complexity index is 188. The van der Waals surface area contributed by atoms with Crippen LogP contribution in [0.3, 0.4) is 0 Å². The smallest absolute Gasteiger partial charge is 0.223 e. The van der Waals surface area contributed by atoms with E-state index < -0.39 is 17.4 Å². The van der Waals surface area contributed by atoms with Crippen LogP contribution in [0.5, 0.6) is 0 Å². The van der Waals surface area contributed by atoms with Gasteiger partial charge in [0.2, 0.25) is 9.04 Å². The summed E-state index contributed by atoms with van der Waals surface area (Å²) in [6, 6.07) is 0. The normalized spacial score (nSPS) is 15.1. The van der Waals surface area contributed by atoms with Crippen LogP contribution in [0.25, 0.3) is 0 Å². The van der Waals surface area contributed by atoms with Gasteiger partial charge >= 0.3 is 0 Å². The fourth-order valence-electron chi connectivity index (χ4n) is 1.26. The van der Waals surface area contributed by atoms with Gasteiger partial charge in [0.1, 0.15) is 0 Å². The van der Waals surface area contributed by atoms with Crippen molar-refractivity contribution in [3.63, 3.8) is 0 Å². The number of aliphatic hydroxyl groups is 1. The van der Waals surface area contributed by atoms with Gasteiger partial charge < -0.3 is 9.22 Å². The van der Waals surface area contributed by atoms with Crippen molar-refractivity contribution < 1.29 is 9.22 Å². The van der Waals surface area contributed by atoms with Crippen molar-refractivity contribution in [1.82, 2.24) is 0 Å². The summed E-state index contributed by atoms with van der Waals surface area (Å²) in [6.07, 6.45) is 4.71.